The van der Waals surface area contributed by atoms with E-state index < -0.39 is 0 Å². The van der Waals surface area contributed by atoms with E-state index in [1.807, 2.05) is 0 Å². The molecule has 0 aromatic carbocycles. The van der Waals surface area contributed by atoms with Gasteiger partial charge in [-0.25, -0.2) is 5.01 Å². The molecule has 0 bridgehead atoms. The minimum atomic E-state index is 0. The largest absolute Gasteiger partial charge is 0.302 e. The van der Waals surface area contributed by atoms with Gasteiger partial charge in [0.15, 0.2) is 0 Å². The van der Waals surface area contributed by atoms with E-state index in [4.69, 9.17) is 5.84 Å². The molecule has 1 heterocycles. The number of hydrogen-bond acceptors (Lipinski definition) is 3. The zero-order valence-corrected chi connectivity index (χ0v) is 3.65. The van der Waals surface area contributed by atoms with E-state index >= 15 is 0 Å². The lowest BCUT2D eigenvalue weighted by atomic mass is 10.7. The molecule has 0 atom stereocenters. The van der Waals surface area contributed by atoms with Crippen LogP contribution in [0.1, 0.15) is 7.43 Å². The van der Waals surface area contributed by atoms with Crippen LogP contribution in [0.15, 0.2) is 0 Å². The van der Waals surface area contributed by atoms with Crippen LogP contribution in [-0.2, 0) is 0 Å². The minimum absolute atomic E-state index is 0. The van der Waals surface area contributed by atoms with Gasteiger partial charge < -0.3 is 5.32 Å². The van der Waals surface area contributed by atoms with Crippen molar-refractivity contribution in [2.45, 2.75) is 7.43 Å². The summed E-state index contributed by atoms with van der Waals surface area (Å²) < 4.78 is 0. The highest BCUT2D eigenvalue weighted by molar-refractivity contribution is 4.57. The fourth-order valence-electron chi connectivity index (χ4n) is 0.524. The highest BCUT2D eigenvalue weighted by atomic mass is 15.5. The lowest BCUT2D eigenvalue weighted by molar-refractivity contribution is 0.350. The quantitative estimate of drug-likeness (QED) is 0.401. The second-order valence-electron chi connectivity index (χ2n) is 1.47. The normalized spacial score (nSPS) is 21.9. The SMILES string of the molecule is C.NN1CCNC1. The van der Waals surface area contributed by atoms with Gasteiger partial charge in [-0.1, -0.05) is 7.43 Å². The molecule has 0 unspecified atom stereocenters. The summed E-state index contributed by atoms with van der Waals surface area (Å²) >= 11 is 0. The van der Waals surface area contributed by atoms with Crippen molar-refractivity contribution >= 4 is 0 Å². The average molecular weight is 103 g/mol. The number of hydrogen-bond donors (Lipinski definition) is 2. The Hall–Kier alpha value is -0.120. The fourth-order valence-corrected chi connectivity index (χ4v) is 0.524. The van der Waals surface area contributed by atoms with Gasteiger partial charge >= 0.3 is 0 Å². The Balaban J connectivity index is 0.000000360. The average Bonchev–Trinajstić information content (AvgIpc) is 1.86. The van der Waals surface area contributed by atoms with Gasteiger partial charge in [0.2, 0.25) is 0 Å². The van der Waals surface area contributed by atoms with Crippen LogP contribution in [0.4, 0.5) is 0 Å². The van der Waals surface area contributed by atoms with Crippen molar-refractivity contribution in [3.8, 4) is 0 Å². The van der Waals surface area contributed by atoms with Gasteiger partial charge in [0.25, 0.3) is 0 Å². The van der Waals surface area contributed by atoms with Crippen LogP contribution in [0.3, 0.4) is 0 Å². The third kappa shape index (κ3) is 1.87. The smallest absolute Gasteiger partial charge is 0.0619 e. The van der Waals surface area contributed by atoms with Crippen molar-refractivity contribution in [1.29, 1.82) is 0 Å². The maximum atomic E-state index is 5.31. The molecule has 3 nitrogen and oxygen atoms in total. The Morgan fingerprint density at radius 1 is 1.57 bits per heavy atom. The first-order valence-electron chi connectivity index (χ1n) is 2.10. The van der Waals surface area contributed by atoms with Crippen molar-refractivity contribution in [3.63, 3.8) is 0 Å². The van der Waals surface area contributed by atoms with Crippen molar-refractivity contribution < 1.29 is 0 Å². The number of nitrogens with two attached hydrogens (primary N) is 1. The molecular formula is C4H13N3. The van der Waals surface area contributed by atoms with Gasteiger partial charge in [0, 0.05) is 13.1 Å². The highest BCUT2D eigenvalue weighted by Crippen LogP contribution is 1.78. The third-order valence-corrected chi connectivity index (χ3v) is 0.891. The molecule has 3 heteroatoms. The summed E-state index contributed by atoms with van der Waals surface area (Å²) in [5, 5.41) is 4.82. The van der Waals surface area contributed by atoms with E-state index in [9.17, 15) is 0 Å². The van der Waals surface area contributed by atoms with E-state index in [1.54, 1.807) is 5.01 Å². The zero-order valence-electron chi connectivity index (χ0n) is 3.65. The molecule has 0 aromatic heterocycles. The van der Waals surface area contributed by atoms with Crippen LogP contribution >= 0.6 is 0 Å². The number of nitrogens with zero attached hydrogens (tertiary/aromatic N) is 1. The molecule has 0 spiro atoms. The topological polar surface area (TPSA) is 41.3 Å². The molecular weight excluding hydrogens is 90.1 g/mol. The monoisotopic (exact) mass is 103 g/mol. The minimum Gasteiger partial charge on any atom is -0.302 e. The van der Waals surface area contributed by atoms with E-state index in [1.165, 1.54) is 0 Å². The maximum absolute atomic E-state index is 5.31. The van der Waals surface area contributed by atoms with Gasteiger partial charge in [-0.3, -0.25) is 5.84 Å². The first kappa shape index (κ1) is 6.88. The van der Waals surface area contributed by atoms with Crippen molar-refractivity contribution in [2.24, 2.45) is 5.84 Å². The van der Waals surface area contributed by atoms with E-state index in [-0.39, 0.29) is 7.43 Å². The van der Waals surface area contributed by atoms with Crippen molar-refractivity contribution in [3.05, 3.63) is 0 Å². The summed E-state index contributed by atoms with van der Waals surface area (Å²) in [6.45, 7) is 2.87. The van der Waals surface area contributed by atoms with Gasteiger partial charge in [-0.05, 0) is 0 Å². The van der Waals surface area contributed by atoms with Crippen molar-refractivity contribution in [1.82, 2.24) is 10.3 Å². The summed E-state index contributed by atoms with van der Waals surface area (Å²) in [6, 6.07) is 0. The van der Waals surface area contributed by atoms with Gasteiger partial charge in [0.05, 0.1) is 6.67 Å². The van der Waals surface area contributed by atoms with Crippen LogP contribution in [0, 0.1) is 0 Å². The van der Waals surface area contributed by atoms with Crippen LogP contribution in [0.2, 0.25) is 0 Å². The summed E-state index contributed by atoms with van der Waals surface area (Å²) in [4.78, 5) is 0. The second-order valence-corrected chi connectivity index (χ2v) is 1.47. The molecule has 1 fully saturated rings. The Kier molecular flexibility index (Phi) is 2.91. The van der Waals surface area contributed by atoms with E-state index in [0.29, 0.717) is 0 Å². The summed E-state index contributed by atoms with van der Waals surface area (Å²) in [5.74, 6) is 5.31. The first-order valence-corrected chi connectivity index (χ1v) is 2.10. The van der Waals surface area contributed by atoms with Crippen LogP contribution < -0.4 is 11.2 Å². The molecule has 0 radical (unpaired) electrons. The molecule has 0 aliphatic carbocycles. The lowest BCUT2D eigenvalue weighted by Crippen LogP contribution is -2.28. The predicted octanol–water partition coefficient (Wildman–Crippen LogP) is -0.641. The van der Waals surface area contributed by atoms with Crippen LogP contribution in [-0.4, -0.2) is 24.8 Å². The summed E-state index contributed by atoms with van der Waals surface area (Å²) in [5.41, 5.74) is 0. The molecule has 1 rings (SSSR count). The fraction of sp³-hybridized carbons (Fsp3) is 1.00. The van der Waals surface area contributed by atoms with Crippen molar-refractivity contribution in [2.75, 3.05) is 19.8 Å². The number of hydrazine groups is 1. The zero-order chi connectivity index (χ0) is 4.41. The van der Waals surface area contributed by atoms with Gasteiger partial charge in [-0.15, -0.1) is 0 Å². The molecule has 1 aliphatic rings. The standard InChI is InChI=1S/C3H9N3.CH4/c4-6-2-1-5-3-6;/h5H,1-4H2;1H4. The van der Waals surface area contributed by atoms with Crippen LogP contribution in [0.25, 0.3) is 0 Å². The highest BCUT2D eigenvalue weighted by Gasteiger charge is 2.02. The summed E-state index contributed by atoms with van der Waals surface area (Å²) in [7, 11) is 0. The second kappa shape index (κ2) is 2.96. The molecule has 44 valence electrons. The Labute approximate surface area is 44.5 Å². The van der Waals surface area contributed by atoms with E-state index in [2.05, 4.69) is 5.32 Å². The molecule has 1 aliphatic heterocycles. The van der Waals surface area contributed by atoms with Crippen LogP contribution in [0.5, 0.6) is 0 Å². The lowest BCUT2D eigenvalue weighted by Gasteiger charge is -2.00. The molecule has 0 saturated carbocycles. The molecule has 3 N–H and O–H groups in total. The van der Waals surface area contributed by atoms with E-state index in [0.717, 1.165) is 19.8 Å². The molecule has 1 saturated heterocycles. The third-order valence-electron chi connectivity index (χ3n) is 0.891. The Bertz CT molecular complexity index is 40.2. The number of nitrogens with one attached hydrogen (secondary N) is 1. The molecule has 7 heavy (non-hydrogen) atoms. The maximum Gasteiger partial charge on any atom is 0.0619 e. The Morgan fingerprint density at radius 3 is 2.43 bits per heavy atom. The number of rotatable bonds is 0. The molecule has 0 aromatic rings. The molecule has 0 amide bonds. The summed E-state index contributed by atoms with van der Waals surface area (Å²) in [6.07, 6.45) is 0. The first-order chi connectivity index (χ1) is 2.89. The van der Waals surface area contributed by atoms with Gasteiger partial charge in [0.1, 0.15) is 0 Å². The Morgan fingerprint density at radius 2 is 2.29 bits per heavy atom. The predicted molar refractivity (Wildman–Crippen MR) is 30.5 cm³/mol. The van der Waals surface area contributed by atoms with Gasteiger partial charge in [-0.2, -0.15) is 0 Å².